The molecule has 0 bridgehead atoms. The third-order valence-corrected chi connectivity index (χ3v) is 3.94. The second-order valence-electron chi connectivity index (χ2n) is 6.74. The Morgan fingerprint density at radius 2 is 2.00 bits per heavy atom. The first-order chi connectivity index (χ1) is 11.3. The molecule has 1 aliphatic rings. The van der Waals surface area contributed by atoms with E-state index in [9.17, 15) is 9.59 Å². The van der Waals surface area contributed by atoms with Crippen molar-refractivity contribution in [1.29, 1.82) is 0 Å². The number of hydrogen-bond donors (Lipinski definition) is 0. The van der Waals surface area contributed by atoms with Gasteiger partial charge in [0.05, 0.1) is 20.3 Å². The summed E-state index contributed by atoms with van der Waals surface area (Å²) in [7, 11) is 3.17. The van der Waals surface area contributed by atoms with Gasteiger partial charge in [0.1, 0.15) is 23.4 Å². The minimum absolute atomic E-state index is 0.189. The lowest BCUT2D eigenvalue weighted by Gasteiger charge is -2.38. The molecule has 6 nitrogen and oxygen atoms in total. The van der Waals surface area contributed by atoms with Gasteiger partial charge in [0, 0.05) is 24.6 Å². The van der Waals surface area contributed by atoms with Gasteiger partial charge in [-0.05, 0) is 38.8 Å². The lowest BCUT2D eigenvalue weighted by atomic mass is 9.90. The van der Waals surface area contributed by atoms with Gasteiger partial charge in [-0.2, -0.15) is 0 Å². The molecule has 0 unspecified atom stereocenters. The fourth-order valence-corrected chi connectivity index (χ4v) is 2.96. The Morgan fingerprint density at radius 3 is 2.54 bits per heavy atom. The van der Waals surface area contributed by atoms with Crippen LogP contribution in [-0.2, 0) is 16.0 Å². The van der Waals surface area contributed by atoms with Crippen molar-refractivity contribution in [3.63, 3.8) is 0 Å². The molecule has 1 atom stereocenters. The van der Waals surface area contributed by atoms with Crippen LogP contribution >= 0.6 is 0 Å². The third kappa shape index (κ3) is 3.80. The molecule has 0 spiro atoms. The van der Waals surface area contributed by atoms with Crippen molar-refractivity contribution >= 4 is 12.4 Å². The largest absolute Gasteiger partial charge is 0.497 e. The number of nitrogens with zero attached hydrogens (tertiary/aromatic N) is 1. The molecule has 0 radical (unpaired) electrons. The number of aldehydes is 1. The standard InChI is InChI=1S/C18H25NO5/c1-18(2,3)24-17(21)19-8-6-12-10-13(22-4)11-15(23-5)16(12)14(19)7-9-20/h9-11,14H,6-8H2,1-5H3/t14-/m1/s1. The van der Waals surface area contributed by atoms with Crippen LogP contribution in [-0.4, -0.2) is 43.6 Å². The fraction of sp³-hybridized carbons (Fsp3) is 0.556. The predicted octanol–water partition coefficient (Wildman–Crippen LogP) is 3.13. The lowest BCUT2D eigenvalue weighted by molar-refractivity contribution is -0.109. The van der Waals surface area contributed by atoms with Gasteiger partial charge in [-0.25, -0.2) is 4.79 Å². The minimum Gasteiger partial charge on any atom is -0.497 e. The average Bonchev–Trinajstić information content (AvgIpc) is 2.52. The summed E-state index contributed by atoms with van der Waals surface area (Å²) in [5, 5.41) is 0. The number of fused-ring (bicyclic) bond motifs is 1. The molecule has 0 saturated carbocycles. The van der Waals surface area contributed by atoms with Gasteiger partial charge < -0.3 is 23.9 Å². The van der Waals surface area contributed by atoms with E-state index < -0.39 is 17.7 Å². The monoisotopic (exact) mass is 335 g/mol. The Hall–Kier alpha value is -2.24. The zero-order chi connectivity index (χ0) is 17.9. The van der Waals surface area contributed by atoms with Crippen molar-refractivity contribution in [3.8, 4) is 11.5 Å². The van der Waals surface area contributed by atoms with Gasteiger partial charge in [0.15, 0.2) is 0 Å². The summed E-state index contributed by atoms with van der Waals surface area (Å²) < 4.78 is 16.3. The normalized spacial score (nSPS) is 17.0. The first-order valence-corrected chi connectivity index (χ1v) is 7.98. The van der Waals surface area contributed by atoms with Gasteiger partial charge >= 0.3 is 6.09 Å². The summed E-state index contributed by atoms with van der Waals surface area (Å²) in [6.07, 6.45) is 1.24. The van der Waals surface area contributed by atoms with E-state index in [1.54, 1.807) is 25.2 Å². The molecule has 0 fully saturated rings. The summed E-state index contributed by atoms with van der Waals surface area (Å²) in [6, 6.07) is 3.30. The maximum absolute atomic E-state index is 12.6. The topological polar surface area (TPSA) is 65.1 Å². The lowest BCUT2D eigenvalue weighted by Crippen LogP contribution is -2.43. The average molecular weight is 335 g/mol. The van der Waals surface area contributed by atoms with Crippen LogP contribution in [0.15, 0.2) is 12.1 Å². The number of carbonyl (C=O) groups is 2. The number of hydrogen-bond acceptors (Lipinski definition) is 5. The Labute approximate surface area is 142 Å². The number of rotatable bonds is 4. The molecule has 1 aliphatic heterocycles. The van der Waals surface area contributed by atoms with Gasteiger partial charge in [0.2, 0.25) is 0 Å². The highest BCUT2D eigenvalue weighted by Crippen LogP contribution is 2.41. The Balaban J connectivity index is 2.44. The molecular formula is C18H25NO5. The first-order valence-electron chi connectivity index (χ1n) is 7.98. The molecule has 0 aromatic heterocycles. The number of methoxy groups -OCH3 is 2. The highest BCUT2D eigenvalue weighted by atomic mass is 16.6. The molecule has 0 aliphatic carbocycles. The molecular weight excluding hydrogens is 310 g/mol. The smallest absolute Gasteiger partial charge is 0.410 e. The van der Waals surface area contributed by atoms with Crippen molar-refractivity contribution in [2.45, 2.75) is 45.3 Å². The summed E-state index contributed by atoms with van der Waals surface area (Å²) in [4.78, 5) is 25.4. The van der Waals surface area contributed by atoms with Crippen LogP contribution in [0.4, 0.5) is 4.79 Å². The molecule has 24 heavy (non-hydrogen) atoms. The molecule has 1 heterocycles. The fourth-order valence-electron chi connectivity index (χ4n) is 2.96. The quantitative estimate of drug-likeness (QED) is 0.791. The van der Waals surface area contributed by atoms with E-state index in [1.165, 1.54) is 0 Å². The Morgan fingerprint density at radius 1 is 1.29 bits per heavy atom. The Kier molecular flexibility index (Phi) is 5.36. The van der Waals surface area contributed by atoms with Crippen molar-refractivity contribution in [2.75, 3.05) is 20.8 Å². The number of amides is 1. The van der Waals surface area contributed by atoms with E-state index in [-0.39, 0.29) is 6.42 Å². The van der Waals surface area contributed by atoms with E-state index in [0.717, 1.165) is 17.4 Å². The molecule has 1 aromatic carbocycles. The van der Waals surface area contributed by atoms with Gasteiger partial charge in [-0.3, -0.25) is 0 Å². The zero-order valence-corrected chi connectivity index (χ0v) is 14.9. The first kappa shape index (κ1) is 18.1. The molecule has 0 saturated heterocycles. The summed E-state index contributed by atoms with van der Waals surface area (Å²) >= 11 is 0. The molecule has 6 heteroatoms. The van der Waals surface area contributed by atoms with Crippen LogP contribution in [0.2, 0.25) is 0 Å². The highest BCUT2D eigenvalue weighted by Gasteiger charge is 2.35. The van der Waals surface area contributed by atoms with E-state index in [4.69, 9.17) is 14.2 Å². The van der Waals surface area contributed by atoms with Crippen molar-refractivity contribution < 1.29 is 23.8 Å². The predicted molar refractivity (Wildman–Crippen MR) is 89.6 cm³/mol. The van der Waals surface area contributed by atoms with Crippen molar-refractivity contribution in [2.24, 2.45) is 0 Å². The second kappa shape index (κ2) is 7.11. The zero-order valence-electron chi connectivity index (χ0n) is 14.9. The molecule has 2 rings (SSSR count). The van der Waals surface area contributed by atoms with E-state index in [2.05, 4.69) is 0 Å². The van der Waals surface area contributed by atoms with Crippen molar-refractivity contribution in [1.82, 2.24) is 4.90 Å². The van der Waals surface area contributed by atoms with Crippen molar-refractivity contribution in [3.05, 3.63) is 23.3 Å². The van der Waals surface area contributed by atoms with E-state index in [1.807, 2.05) is 26.8 Å². The molecule has 0 N–H and O–H groups in total. The third-order valence-electron chi connectivity index (χ3n) is 3.94. The van der Waals surface area contributed by atoms with Crippen LogP contribution < -0.4 is 9.47 Å². The summed E-state index contributed by atoms with van der Waals surface area (Å²) in [5.74, 6) is 1.31. The number of ether oxygens (including phenoxy) is 3. The molecule has 1 aromatic rings. The highest BCUT2D eigenvalue weighted by molar-refractivity contribution is 5.71. The second-order valence-corrected chi connectivity index (χ2v) is 6.74. The van der Waals surface area contributed by atoms with Gasteiger partial charge in [-0.1, -0.05) is 0 Å². The Bertz CT molecular complexity index is 603. The number of carbonyl (C=O) groups excluding carboxylic acids is 2. The number of benzene rings is 1. The van der Waals surface area contributed by atoms with E-state index in [0.29, 0.717) is 24.5 Å². The van der Waals surface area contributed by atoms with Crippen LogP contribution in [0, 0.1) is 0 Å². The molecule has 132 valence electrons. The van der Waals surface area contributed by atoms with Crippen LogP contribution in [0.1, 0.15) is 44.4 Å². The maximum atomic E-state index is 12.6. The minimum atomic E-state index is -0.590. The summed E-state index contributed by atoms with van der Waals surface area (Å²) in [6.45, 7) is 5.95. The maximum Gasteiger partial charge on any atom is 0.410 e. The van der Waals surface area contributed by atoms with Gasteiger partial charge in [-0.15, -0.1) is 0 Å². The van der Waals surface area contributed by atoms with Gasteiger partial charge in [0.25, 0.3) is 0 Å². The summed E-state index contributed by atoms with van der Waals surface area (Å²) in [5.41, 5.74) is 1.29. The van der Waals surface area contributed by atoms with Crippen LogP contribution in [0.5, 0.6) is 11.5 Å². The molecule has 1 amide bonds. The van der Waals surface area contributed by atoms with Crippen LogP contribution in [0.25, 0.3) is 0 Å². The van der Waals surface area contributed by atoms with Crippen LogP contribution in [0.3, 0.4) is 0 Å². The SMILES string of the molecule is COc1cc2c(c(OC)c1)[C@@H](CC=O)N(C(=O)OC(C)(C)C)CC2. The van der Waals surface area contributed by atoms with E-state index >= 15 is 0 Å².